The minimum atomic E-state index is -4.10. The molecule has 0 aromatic carbocycles. The van der Waals surface area contributed by atoms with Gasteiger partial charge in [0.15, 0.2) is 0 Å². The van der Waals surface area contributed by atoms with Crippen LogP contribution in [0.15, 0.2) is 0 Å². The van der Waals surface area contributed by atoms with Crippen molar-refractivity contribution in [1.29, 1.82) is 0 Å². The monoisotopic (exact) mass is 240 g/mol. The van der Waals surface area contributed by atoms with E-state index in [1.165, 1.54) is 11.9 Å². The third-order valence-corrected chi connectivity index (χ3v) is 1.89. The Morgan fingerprint density at radius 2 is 1.85 bits per heavy atom. The minimum Gasteiger partial charge on any atom is -0.314 e. The average molecular weight is 241 g/mol. The molecule has 0 aromatic rings. The molecule has 0 saturated carbocycles. The van der Waals surface area contributed by atoms with Crippen molar-refractivity contribution in [3.05, 3.63) is 0 Å². The molecule has 1 fully saturated rings. The zero-order valence-electron chi connectivity index (χ0n) is 7.10. The van der Waals surface area contributed by atoms with Gasteiger partial charge in [-0.2, -0.15) is 13.2 Å². The first-order valence-corrected chi connectivity index (χ1v) is 3.49. The highest BCUT2D eigenvalue weighted by Gasteiger charge is 2.42. The van der Waals surface area contributed by atoms with E-state index in [-0.39, 0.29) is 31.4 Å². The van der Waals surface area contributed by atoms with Crippen LogP contribution in [-0.2, 0) is 0 Å². The van der Waals surface area contributed by atoms with Crippen LogP contribution < -0.4 is 5.32 Å². The summed E-state index contributed by atoms with van der Waals surface area (Å²) in [6.45, 7) is 1.12. The lowest BCUT2D eigenvalue weighted by atomic mass is 10.2. The first-order chi connectivity index (χ1) is 5.02. The molecular weight excluding hydrogens is 228 g/mol. The number of halogens is 5. The van der Waals surface area contributed by atoms with Crippen LogP contribution >= 0.6 is 24.8 Å². The highest BCUT2D eigenvalue weighted by Crippen LogP contribution is 2.24. The number of nitrogens with one attached hydrogen (secondary N) is 1. The Morgan fingerprint density at radius 3 is 2.15 bits per heavy atom. The van der Waals surface area contributed by atoms with Crippen LogP contribution in [0.25, 0.3) is 0 Å². The summed E-state index contributed by atoms with van der Waals surface area (Å²) in [6.07, 6.45) is -4.10. The fraction of sp³-hybridized carbons (Fsp3) is 1.00. The molecular formula is C6H13Cl2F3N2. The molecule has 7 heteroatoms. The standard InChI is InChI=1S/C6H11F3N2.2ClH/c1-11-3-2-10-4-5(11)6(7,8)9;;/h5,10H,2-4H2,1H3;2*1H. The Morgan fingerprint density at radius 1 is 1.31 bits per heavy atom. The number of alkyl halides is 3. The second-order valence-corrected chi connectivity index (χ2v) is 2.74. The number of likely N-dealkylation sites (N-methyl/N-ethyl adjacent to an activating group) is 1. The summed E-state index contributed by atoms with van der Waals surface area (Å²) in [5.41, 5.74) is 0. The molecule has 0 amide bonds. The van der Waals surface area contributed by atoms with E-state index in [0.29, 0.717) is 13.1 Å². The van der Waals surface area contributed by atoms with Crippen LogP contribution in [0.3, 0.4) is 0 Å². The number of hydrogen-bond donors (Lipinski definition) is 1. The van der Waals surface area contributed by atoms with Crippen molar-refractivity contribution in [3.63, 3.8) is 0 Å². The molecule has 1 unspecified atom stereocenters. The van der Waals surface area contributed by atoms with Gasteiger partial charge in [0, 0.05) is 19.6 Å². The van der Waals surface area contributed by atoms with Crippen molar-refractivity contribution in [2.75, 3.05) is 26.7 Å². The van der Waals surface area contributed by atoms with Gasteiger partial charge in [-0.3, -0.25) is 4.90 Å². The van der Waals surface area contributed by atoms with Crippen molar-refractivity contribution < 1.29 is 13.2 Å². The third-order valence-electron chi connectivity index (χ3n) is 1.89. The third kappa shape index (κ3) is 4.35. The van der Waals surface area contributed by atoms with Gasteiger partial charge >= 0.3 is 6.18 Å². The van der Waals surface area contributed by atoms with Gasteiger partial charge in [0.25, 0.3) is 0 Å². The van der Waals surface area contributed by atoms with E-state index in [9.17, 15) is 13.2 Å². The zero-order chi connectivity index (χ0) is 8.48. The summed E-state index contributed by atoms with van der Waals surface area (Å²) in [5, 5.41) is 2.71. The lowest BCUT2D eigenvalue weighted by Gasteiger charge is -2.34. The van der Waals surface area contributed by atoms with Gasteiger partial charge in [0.1, 0.15) is 6.04 Å². The highest BCUT2D eigenvalue weighted by atomic mass is 35.5. The topological polar surface area (TPSA) is 15.3 Å². The Bertz CT molecular complexity index is 142. The molecule has 0 radical (unpaired) electrons. The first kappa shape index (κ1) is 15.7. The van der Waals surface area contributed by atoms with Crippen molar-refractivity contribution in [1.82, 2.24) is 10.2 Å². The summed E-state index contributed by atoms with van der Waals surface area (Å²) in [7, 11) is 1.50. The summed E-state index contributed by atoms with van der Waals surface area (Å²) < 4.78 is 36.3. The summed E-state index contributed by atoms with van der Waals surface area (Å²) in [4.78, 5) is 1.33. The largest absolute Gasteiger partial charge is 0.405 e. The molecule has 1 atom stereocenters. The Kier molecular flexibility index (Phi) is 7.15. The summed E-state index contributed by atoms with van der Waals surface area (Å²) >= 11 is 0. The fourth-order valence-corrected chi connectivity index (χ4v) is 1.17. The van der Waals surface area contributed by atoms with E-state index in [2.05, 4.69) is 5.32 Å². The van der Waals surface area contributed by atoms with Gasteiger partial charge in [0.05, 0.1) is 0 Å². The second-order valence-electron chi connectivity index (χ2n) is 2.74. The van der Waals surface area contributed by atoms with Gasteiger partial charge in [-0.05, 0) is 7.05 Å². The van der Waals surface area contributed by atoms with Crippen LogP contribution in [0.1, 0.15) is 0 Å². The second kappa shape index (κ2) is 5.90. The Balaban J connectivity index is 0. The molecule has 13 heavy (non-hydrogen) atoms. The molecule has 1 heterocycles. The van der Waals surface area contributed by atoms with Crippen LogP contribution in [-0.4, -0.2) is 43.8 Å². The maximum Gasteiger partial charge on any atom is 0.405 e. The molecule has 0 bridgehead atoms. The summed E-state index contributed by atoms with van der Waals surface area (Å²) in [6, 6.07) is -1.31. The van der Waals surface area contributed by atoms with E-state index in [4.69, 9.17) is 0 Å². The molecule has 1 saturated heterocycles. The molecule has 0 aliphatic carbocycles. The molecule has 1 rings (SSSR count). The first-order valence-electron chi connectivity index (χ1n) is 3.49. The molecule has 0 spiro atoms. The number of piperazine rings is 1. The number of rotatable bonds is 0. The molecule has 1 aliphatic heterocycles. The van der Waals surface area contributed by atoms with E-state index in [1.807, 2.05) is 0 Å². The van der Waals surface area contributed by atoms with E-state index >= 15 is 0 Å². The van der Waals surface area contributed by atoms with Gasteiger partial charge in [-0.25, -0.2) is 0 Å². The minimum absolute atomic E-state index is 0. The Labute approximate surface area is 87.7 Å². The molecule has 1 aliphatic rings. The number of hydrogen-bond acceptors (Lipinski definition) is 2. The smallest absolute Gasteiger partial charge is 0.314 e. The van der Waals surface area contributed by atoms with E-state index in [0.717, 1.165) is 0 Å². The van der Waals surface area contributed by atoms with Crippen LogP contribution in [0.2, 0.25) is 0 Å². The van der Waals surface area contributed by atoms with Crippen molar-refractivity contribution in [2.45, 2.75) is 12.2 Å². The SMILES string of the molecule is CN1CCNCC1C(F)(F)F.Cl.Cl. The predicted octanol–water partition coefficient (Wildman–Crippen LogP) is 1.30. The fourth-order valence-electron chi connectivity index (χ4n) is 1.17. The normalized spacial score (nSPS) is 24.5. The predicted molar refractivity (Wildman–Crippen MR) is 49.8 cm³/mol. The van der Waals surface area contributed by atoms with Gasteiger partial charge < -0.3 is 5.32 Å². The van der Waals surface area contributed by atoms with Crippen LogP contribution in [0.4, 0.5) is 13.2 Å². The van der Waals surface area contributed by atoms with E-state index < -0.39 is 12.2 Å². The van der Waals surface area contributed by atoms with Crippen molar-refractivity contribution >= 4 is 24.8 Å². The lowest BCUT2D eigenvalue weighted by molar-refractivity contribution is -0.183. The molecule has 0 aromatic heterocycles. The van der Waals surface area contributed by atoms with Crippen molar-refractivity contribution in [3.8, 4) is 0 Å². The van der Waals surface area contributed by atoms with Crippen LogP contribution in [0, 0.1) is 0 Å². The maximum absolute atomic E-state index is 12.1. The Hall–Kier alpha value is 0.290. The summed E-state index contributed by atoms with van der Waals surface area (Å²) in [5.74, 6) is 0. The molecule has 1 N–H and O–H groups in total. The average Bonchev–Trinajstić information content (AvgIpc) is 1.86. The number of nitrogens with zero attached hydrogens (tertiary/aromatic N) is 1. The van der Waals surface area contributed by atoms with Crippen LogP contribution in [0.5, 0.6) is 0 Å². The van der Waals surface area contributed by atoms with Gasteiger partial charge in [0.2, 0.25) is 0 Å². The zero-order valence-corrected chi connectivity index (χ0v) is 8.73. The quantitative estimate of drug-likeness (QED) is 0.687. The van der Waals surface area contributed by atoms with Gasteiger partial charge in [-0.15, -0.1) is 24.8 Å². The maximum atomic E-state index is 12.1. The molecule has 82 valence electrons. The van der Waals surface area contributed by atoms with E-state index in [1.54, 1.807) is 0 Å². The lowest BCUT2D eigenvalue weighted by Crippen LogP contribution is -2.56. The highest BCUT2D eigenvalue weighted by molar-refractivity contribution is 5.85. The molecule has 2 nitrogen and oxygen atoms in total. The van der Waals surface area contributed by atoms with Gasteiger partial charge in [-0.1, -0.05) is 0 Å². The van der Waals surface area contributed by atoms with Crippen molar-refractivity contribution in [2.24, 2.45) is 0 Å².